The number of halogens is 2. The van der Waals surface area contributed by atoms with E-state index >= 15 is 0 Å². The molecule has 0 N–H and O–H groups in total. The van der Waals surface area contributed by atoms with Crippen LogP contribution in [-0.4, -0.2) is 22.9 Å². The van der Waals surface area contributed by atoms with E-state index in [0.717, 1.165) is 0 Å². The van der Waals surface area contributed by atoms with Crippen molar-refractivity contribution in [3.63, 3.8) is 0 Å². The van der Waals surface area contributed by atoms with Gasteiger partial charge < -0.3 is 4.90 Å². The number of rotatable bonds is 3. The highest BCUT2D eigenvalue weighted by Crippen LogP contribution is 2.18. The Bertz CT molecular complexity index is 410. The van der Waals surface area contributed by atoms with Crippen LogP contribution in [0.25, 0.3) is 0 Å². The van der Waals surface area contributed by atoms with E-state index < -0.39 is 0 Å². The fourth-order valence-corrected chi connectivity index (χ4v) is 2.58. The summed E-state index contributed by atoms with van der Waals surface area (Å²) in [5, 5.41) is 0. The molecule has 0 aliphatic rings. The van der Waals surface area contributed by atoms with Gasteiger partial charge in [-0.3, -0.25) is 4.79 Å². The first-order valence-electron chi connectivity index (χ1n) is 5.62. The fourth-order valence-electron chi connectivity index (χ4n) is 1.87. The van der Waals surface area contributed by atoms with E-state index in [1.165, 1.54) is 12.1 Å². The summed E-state index contributed by atoms with van der Waals surface area (Å²) in [6.07, 6.45) is 0. The maximum atomic E-state index is 13.0. The molecule has 0 radical (unpaired) electrons. The Morgan fingerprint density at radius 3 is 2.18 bits per heavy atom. The molecule has 1 amide bonds. The molecular formula is C13H17FINO. The SMILES string of the molecule is CC(C)N(C(=O)c1ccc(F)cc1I)C(C)C. The number of nitrogens with zero attached hydrogens (tertiary/aromatic N) is 1. The lowest BCUT2D eigenvalue weighted by atomic mass is 10.1. The topological polar surface area (TPSA) is 20.3 Å². The largest absolute Gasteiger partial charge is 0.334 e. The second kappa shape index (κ2) is 5.80. The zero-order valence-electron chi connectivity index (χ0n) is 10.5. The van der Waals surface area contributed by atoms with Gasteiger partial charge in [0.15, 0.2) is 0 Å². The lowest BCUT2D eigenvalue weighted by molar-refractivity contribution is 0.0642. The highest BCUT2D eigenvalue weighted by Gasteiger charge is 2.23. The van der Waals surface area contributed by atoms with Crippen molar-refractivity contribution in [2.75, 3.05) is 0 Å². The monoisotopic (exact) mass is 349 g/mol. The first kappa shape index (κ1) is 14.4. The molecule has 4 heteroatoms. The standard InChI is InChI=1S/C13H17FINO/c1-8(2)16(9(3)4)13(17)11-6-5-10(14)7-12(11)15/h5-9H,1-4H3. The molecule has 1 aromatic rings. The van der Waals surface area contributed by atoms with Gasteiger partial charge in [-0.2, -0.15) is 0 Å². The lowest BCUT2D eigenvalue weighted by Gasteiger charge is -2.31. The van der Waals surface area contributed by atoms with Crippen LogP contribution in [0.2, 0.25) is 0 Å². The molecule has 2 nitrogen and oxygen atoms in total. The highest BCUT2D eigenvalue weighted by atomic mass is 127. The van der Waals surface area contributed by atoms with Crippen molar-refractivity contribution in [3.8, 4) is 0 Å². The third-order valence-corrected chi connectivity index (χ3v) is 3.40. The van der Waals surface area contributed by atoms with Crippen molar-refractivity contribution in [3.05, 3.63) is 33.1 Å². The van der Waals surface area contributed by atoms with Crippen molar-refractivity contribution in [2.45, 2.75) is 39.8 Å². The minimum absolute atomic E-state index is 0.0422. The van der Waals surface area contributed by atoms with E-state index in [2.05, 4.69) is 0 Å². The van der Waals surface area contributed by atoms with Gasteiger partial charge in [0, 0.05) is 15.7 Å². The van der Waals surface area contributed by atoms with E-state index in [1.54, 1.807) is 11.0 Å². The van der Waals surface area contributed by atoms with Crippen molar-refractivity contribution < 1.29 is 9.18 Å². The summed E-state index contributed by atoms with van der Waals surface area (Å²) in [6, 6.07) is 4.52. The van der Waals surface area contributed by atoms with Crippen LogP contribution in [0, 0.1) is 9.39 Å². The molecule has 17 heavy (non-hydrogen) atoms. The average molecular weight is 349 g/mol. The molecular weight excluding hydrogens is 332 g/mol. The highest BCUT2D eigenvalue weighted by molar-refractivity contribution is 14.1. The molecule has 94 valence electrons. The van der Waals surface area contributed by atoms with Gasteiger partial charge in [0.2, 0.25) is 0 Å². The zero-order chi connectivity index (χ0) is 13.2. The second-order valence-electron chi connectivity index (χ2n) is 4.52. The summed E-state index contributed by atoms with van der Waals surface area (Å²) in [6.45, 7) is 7.92. The van der Waals surface area contributed by atoms with Gasteiger partial charge in [0.25, 0.3) is 5.91 Å². The fraction of sp³-hybridized carbons (Fsp3) is 0.462. The van der Waals surface area contributed by atoms with Crippen molar-refractivity contribution >= 4 is 28.5 Å². The molecule has 0 aromatic heterocycles. The molecule has 0 spiro atoms. The van der Waals surface area contributed by atoms with Crippen molar-refractivity contribution in [1.29, 1.82) is 0 Å². The average Bonchev–Trinajstić information content (AvgIpc) is 2.15. The molecule has 0 unspecified atom stereocenters. The zero-order valence-corrected chi connectivity index (χ0v) is 12.7. The molecule has 0 aliphatic heterocycles. The van der Waals surface area contributed by atoms with E-state index in [0.29, 0.717) is 9.13 Å². The maximum Gasteiger partial charge on any atom is 0.255 e. The van der Waals surface area contributed by atoms with Gasteiger partial charge in [-0.1, -0.05) is 0 Å². The van der Waals surface area contributed by atoms with Crippen LogP contribution in [0.15, 0.2) is 18.2 Å². The molecule has 0 bridgehead atoms. The number of benzene rings is 1. The van der Waals surface area contributed by atoms with Crippen LogP contribution in [0.4, 0.5) is 4.39 Å². The van der Waals surface area contributed by atoms with E-state index in [1.807, 2.05) is 50.3 Å². The van der Waals surface area contributed by atoms with Gasteiger partial charge >= 0.3 is 0 Å². The van der Waals surface area contributed by atoms with Crippen LogP contribution >= 0.6 is 22.6 Å². The quantitative estimate of drug-likeness (QED) is 0.763. The van der Waals surface area contributed by atoms with E-state index in [9.17, 15) is 9.18 Å². The Balaban J connectivity index is 3.10. The Labute approximate surface area is 115 Å². The predicted molar refractivity (Wildman–Crippen MR) is 75.6 cm³/mol. The summed E-state index contributed by atoms with van der Waals surface area (Å²) < 4.78 is 13.7. The second-order valence-corrected chi connectivity index (χ2v) is 5.69. The molecule has 0 saturated heterocycles. The van der Waals surface area contributed by atoms with Crippen LogP contribution in [-0.2, 0) is 0 Å². The number of carbonyl (C=O) groups is 1. The Hall–Kier alpha value is -0.650. The van der Waals surface area contributed by atoms with Gasteiger partial charge in [-0.15, -0.1) is 0 Å². The predicted octanol–water partition coefficient (Wildman–Crippen LogP) is 3.69. The smallest absolute Gasteiger partial charge is 0.255 e. The Kier molecular flexibility index (Phi) is 4.91. The summed E-state index contributed by atoms with van der Waals surface area (Å²) in [7, 11) is 0. The summed E-state index contributed by atoms with van der Waals surface area (Å²) in [5.41, 5.74) is 0.564. The molecule has 1 rings (SSSR count). The molecule has 1 aromatic carbocycles. The van der Waals surface area contributed by atoms with E-state index in [4.69, 9.17) is 0 Å². The Morgan fingerprint density at radius 2 is 1.76 bits per heavy atom. The lowest BCUT2D eigenvalue weighted by Crippen LogP contribution is -2.42. The summed E-state index contributed by atoms with van der Waals surface area (Å²) in [4.78, 5) is 14.2. The molecule has 0 atom stereocenters. The maximum absolute atomic E-state index is 13.0. The van der Waals surface area contributed by atoms with Crippen molar-refractivity contribution in [2.24, 2.45) is 0 Å². The number of amides is 1. The van der Waals surface area contributed by atoms with Gasteiger partial charge in [-0.25, -0.2) is 4.39 Å². The normalized spacial score (nSPS) is 11.1. The summed E-state index contributed by atoms with van der Waals surface area (Å²) >= 11 is 1.99. The molecule has 0 aliphatic carbocycles. The third kappa shape index (κ3) is 3.40. The Morgan fingerprint density at radius 1 is 1.24 bits per heavy atom. The van der Waals surface area contributed by atoms with Gasteiger partial charge in [0.1, 0.15) is 5.82 Å². The minimum atomic E-state index is -0.313. The van der Waals surface area contributed by atoms with Gasteiger partial charge in [-0.05, 0) is 68.5 Å². The van der Waals surface area contributed by atoms with Crippen LogP contribution in [0.1, 0.15) is 38.1 Å². The third-order valence-electron chi connectivity index (χ3n) is 2.51. The first-order chi connectivity index (χ1) is 7.84. The number of hydrogen-bond acceptors (Lipinski definition) is 1. The van der Waals surface area contributed by atoms with Crippen LogP contribution in [0.5, 0.6) is 0 Å². The summed E-state index contributed by atoms with van der Waals surface area (Å²) in [5.74, 6) is -0.356. The first-order valence-corrected chi connectivity index (χ1v) is 6.70. The van der Waals surface area contributed by atoms with E-state index in [-0.39, 0.29) is 23.8 Å². The van der Waals surface area contributed by atoms with Crippen LogP contribution in [0.3, 0.4) is 0 Å². The molecule has 0 heterocycles. The number of hydrogen-bond donors (Lipinski definition) is 0. The van der Waals surface area contributed by atoms with Crippen molar-refractivity contribution in [1.82, 2.24) is 4.90 Å². The molecule has 0 saturated carbocycles. The minimum Gasteiger partial charge on any atom is -0.334 e. The number of carbonyl (C=O) groups excluding carboxylic acids is 1. The van der Waals surface area contributed by atoms with Gasteiger partial charge in [0.05, 0.1) is 5.56 Å². The molecule has 0 fully saturated rings. The van der Waals surface area contributed by atoms with Crippen LogP contribution < -0.4 is 0 Å².